The number of nitrogens with zero attached hydrogens (tertiary/aromatic N) is 1. The van der Waals surface area contributed by atoms with E-state index in [0.717, 1.165) is 22.3 Å². The lowest BCUT2D eigenvalue weighted by Crippen LogP contribution is -2.13. The van der Waals surface area contributed by atoms with Gasteiger partial charge in [-0.3, -0.25) is 14.4 Å². The lowest BCUT2D eigenvalue weighted by molar-refractivity contribution is -0.114. The van der Waals surface area contributed by atoms with Crippen LogP contribution in [0.1, 0.15) is 44.5 Å². The van der Waals surface area contributed by atoms with Crippen molar-refractivity contribution in [1.82, 2.24) is 4.98 Å². The van der Waals surface area contributed by atoms with E-state index >= 15 is 0 Å². The largest absolute Gasteiger partial charge is 0.322 e. The van der Waals surface area contributed by atoms with E-state index in [2.05, 4.69) is 15.6 Å². The number of rotatable bonds is 7. The van der Waals surface area contributed by atoms with Gasteiger partial charge in [-0.05, 0) is 79.6 Å². The predicted molar refractivity (Wildman–Crippen MR) is 148 cm³/mol. The first-order valence-corrected chi connectivity index (χ1v) is 11.8. The van der Waals surface area contributed by atoms with Crippen molar-refractivity contribution in [2.45, 2.75) is 20.8 Å². The van der Waals surface area contributed by atoms with Gasteiger partial charge >= 0.3 is 0 Å². The summed E-state index contributed by atoms with van der Waals surface area (Å²) in [5, 5.41) is 5.54. The zero-order valence-corrected chi connectivity index (χ0v) is 20.9. The Morgan fingerprint density at radius 1 is 0.784 bits per heavy atom. The first kappa shape index (κ1) is 25.3. The van der Waals surface area contributed by atoms with Crippen molar-refractivity contribution in [3.05, 3.63) is 119 Å². The number of aromatic nitrogens is 1. The van der Waals surface area contributed by atoms with E-state index in [-0.39, 0.29) is 17.6 Å². The molecule has 37 heavy (non-hydrogen) atoms. The Balaban J connectivity index is 1.46. The van der Waals surface area contributed by atoms with Crippen molar-refractivity contribution in [3.63, 3.8) is 0 Å². The highest BCUT2D eigenvalue weighted by Crippen LogP contribution is 2.26. The number of aryl methyl sites for hydroxylation is 2. The van der Waals surface area contributed by atoms with Gasteiger partial charge in [-0.1, -0.05) is 53.6 Å². The van der Waals surface area contributed by atoms with Gasteiger partial charge in [-0.15, -0.1) is 0 Å². The number of carbonyl (C=O) groups is 3. The van der Waals surface area contributed by atoms with Crippen LogP contribution in [0.15, 0.2) is 91.0 Å². The van der Waals surface area contributed by atoms with Gasteiger partial charge in [-0.25, -0.2) is 4.98 Å². The third-order valence-corrected chi connectivity index (χ3v) is 5.69. The summed E-state index contributed by atoms with van der Waals surface area (Å²) in [6, 6.07) is 25.7. The molecule has 0 bridgehead atoms. The van der Waals surface area contributed by atoms with Crippen LogP contribution in [0.2, 0.25) is 0 Å². The maximum Gasteiger partial charge on any atom is 0.256 e. The maximum absolute atomic E-state index is 13.1. The lowest BCUT2D eigenvalue weighted by atomic mass is 9.96. The molecule has 1 heterocycles. The number of anilines is 2. The summed E-state index contributed by atoms with van der Waals surface area (Å²) in [5.74, 6) is -0.226. The van der Waals surface area contributed by atoms with Gasteiger partial charge in [0.05, 0.1) is 5.69 Å². The van der Waals surface area contributed by atoms with Gasteiger partial charge in [0.15, 0.2) is 5.78 Å². The highest BCUT2D eigenvalue weighted by atomic mass is 16.2. The Kier molecular flexibility index (Phi) is 7.69. The highest BCUT2D eigenvalue weighted by molar-refractivity contribution is 6.10. The van der Waals surface area contributed by atoms with E-state index in [1.54, 1.807) is 48.5 Å². The number of carbonyl (C=O) groups excluding carboxylic acids is 3. The number of amides is 2. The SMILES string of the molecule is CC(=O)Nc1cccc(/C=C/C(=O)c2ccc(NC(=O)c3ccc(C)cc3-c3ccc(C)cc3)cc2)n1. The summed E-state index contributed by atoms with van der Waals surface area (Å²) in [4.78, 5) is 41.2. The van der Waals surface area contributed by atoms with Crippen LogP contribution in [0, 0.1) is 13.8 Å². The van der Waals surface area contributed by atoms with Crippen LogP contribution in [0.5, 0.6) is 0 Å². The molecule has 2 N–H and O–H groups in total. The first-order chi connectivity index (χ1) is 17.8. The summed E-state index contributed by atoms with van der Waals surface area (Å²) in [6.45, 7) is 5.43. The number of nitrogens with one attached hydrogen (secondary N) is 2. The molecule has 6 heteroatoms. The minimum absolute atomic E-state index is 0.204. The van der Waals surface area contributed by atoms with E-state index in [1.807, 2.05) is 56.3 Å². The quantitative estimate of drug-likeness (QED) is 0.230. The molecule has 0 saturated carbocycles. The second-order valence-electron chi connectivity index (χ2n) is 8.77. The molecule has 0 fully saturated rings. The lowest BCUT2D eigenvalue weighted by Gasteiger charge is -2.12. The average molecular weight is 490 g/mol. The van der Waals surface area contributed by atoms with Crippen LogP contribution in [-0.4, -0.2) is 22.6 Å². The van der Waals surface area contributed by atoms with Crippen molar-refractivity contribution < 1.29 is 14.4 Å². The molecule has 0 aliphatic carbocycles. The summed E-state index contributed by atoms with van der Waals surface area (Å²) < 4.78 is 0. The van der Waals surface area contributed by atoms with Crippen LogP contribution in [0.4, 0.5) is 11.5 Å². The Morgan fingerprint density at radius 3 is 2.19 bits per heavy atom. The van der Waals surface area contributed by atoms with Crippen molar-refractivity contribution in [2.75, 3.05) is 10.6 Å². The molecule has 0 atom stereocenters. The number of allylic oxidation sites excluding steroid dienone is 1. The Hall–Kier alpha value is -4.84. The van der Waals surface area contributed by atoms with E-state index < -0.39 is 0 Å². The molecule has 2 amide bonds. The average Bonchev–Trinajstić information content (AvgIpc) is 2.88. The molecule has 0 spiro atoms. The molecule has 0 aliphatic rings. The van der Waals surface area contributed by atoms with Gasteiger partial charge < -0.3 is 10.6 Å². The Labute approximate surface area is 216 Å². The number of hydrogen-bond acceptors (Lipinski definition) is 4. The van der Waals surface area contributed by atoms with Crippen LogP contribution in [0.25, 0.3) is 17.2 Å². The number of benzene rings is 3. The Bertz CT molecular complexity index is 1490. The molecule has 0 radical (unpaired) electrons. The summed E-state index contributed by atoms with van der Waals surface area (Å²) in [7, 11) is 0. The molecule has 6 nitrogen and oxygen atoms in total. The first-order valence-electron chi connectivity index (χ1n) is 11.8. The molecule has 4 rings (SSSR count). The third kappa shape index (κ3) is 6.64. The van der Waals surface area contributed by atoms with Crippen molar-refractivity contribution >= 4 is 35.2 Å². The molecule has 4 aromatic rings. The number of ketones is 1. The second kappa shape index (κ2) is 11.3. The van der Waals surface area contributed by atoms with Gasteiger partial charge in [0.2, 0.25) is 5.91 Å². The molecule has 3 aromatic carbocycles. The monoisotopic (exact) mass is 489 g/mol. The van der Waals surface area contributed by atoms with E-state index in [4.69, 9.17) is 0 Å². The van der Waals surface area contributed by atoms with E-state index in [9.17, 15) is 14.4 Å². The molecule has 0 unspecified atom stereocenters. The summed E-state index contributed by atoms with van der Waals surface area (Å²) in [6.07, 6.45) is 3.01. The summed E-state index contributed by atoms with van der Waals surface area (Å²) in [5.41, 5.74) is 6.25. The van der Waals surface area contributed by atoms with E-state index in [1.165, 1.54) is 13.0 Å². The van der Waals surface area contributed by atoms with Gasteiger partial charge in [0.1, 0.15) is 5.82 Å². The molecule has 1 aromatic heterocycles. The molecule has 0 saturated heterocycles. The fourth-order valence-electron chi connectivity index (χ4n) is 3.80. The van der Waals surface area contributed by atoms with Crippen LogP contribution >= 0.6 is 0 Å². The fourth-order valence-corrected chi connectivity index (χ4v) is 3.80. The second-order valence-corrected chi connectivity index (χ2v) is 8.77. The topological polar surface area (TPSA) is 88.2 Å². The molecule has 184 valence electrons. The third-order valence-electron chi connectivity index (χ3n) is 5.69. The normalized spacial score (nSPS) is 10.8. The molecular formula is C31H27N3O3. The number of hydrogen-bond donors (Lipinski definition) is 2. The van der Waals surface area contributed by atoms with Gasteiger partial charge in [0.25, 0.3) is 5.91 Å². The molecule has 0 aliphatic heterocycles. The minimum atomic E-state index is -0.223. The smallest absolute Gasteiger partial charge is 0.256 e. The zero-order valence-electron chi connectivity index (χ0n) is 20.9. The zero-order chi connectivity index (χ0) is 26.4. The van der Waals surface area contributed by atoms with Crippen molar-refractivity contribution in [1.29, 1.82) is 0 Å². The van der Waals surface area contributed by atoms with Crippen LogP contribution in [0.3, 0.4) is 0 Å². The van der Waals surface area contributed by atoms with Gasteiger partial charge in [-0.2, -0.15) is 0 Å². The van der Waals surface area contributed by atoms with E-state index in [0.29, 0.717) is 28.3 Å². The fraction of sp³-hybridized carbons (Fsp3) is 0.0968. The summed E-state index contributed by atoms with van der Waals surface area (Å²) >= 11 is 0. The Morgan fingerprint density at radius 2 is 1.49 bits per heavy atom. The van der Waals surface area contributed by atoms with Crippen LogP contribution in [-0.2, 0) is 4.79 Å². The highest BCUT2D eigenvalue weighted by Gasteiger charge is 2.14. The standard InChI is InChI=1S/C31H27N3O3/c1-20-7-10-23(11-8-20)28-19-21(2)9-17-27(28)31(37)34-26-14-12-24(13-15-26)29(36)18-16-25-5-4-6-30(33-25)32-22(3)35/h4-19H,1-3H3,(H,34,37)(H,32,33,35)/b18-16+. The number of pyridine rings is 1. The van der Waals surface area contributed by atoms with Crippen LogP contribution < -0.4 is 10.6 Å². The van der Waals surface area contributed by atoms with Gasteiger partial charge in [0, 0.05) is 23.7 Å². The predicted octanol–water partition coefficient (Wildman–Crippen LogP) is 6.47. The minimum Gasteiger partial charge on any atom is -0.322 e. The maximum atomic E-state index is 13.1. The van der Waals surface area contributed by atoms with Crippen molar-refractivity contribution in [3.8, 4) is 11.1 Å². The van der Waals surface area contributed by atoms with Crippen molar-refractivity contribution in [2.24, 2.45) is 0 Å². The molecular weight excluding hydrogens is 462 g/mol.